The van der Waals surface area contributed by atoms with Crippen molar-refractivity contribution in [3.05, 3.63) is 35.4 Å². The van der Waals surface area contributed by atoms with Crippen LogP contribution in [0.2, 0.25) is 0 Å². The van der Waals surface area contributed by atoms with Crippen molar-refractivity contribution >= 4 is 15.7 Å². The molecule has 4 rings (SSSR count). The molecule has 8 heteroatoms. The fourth-order valence-electron chi connectivity index (χ4n) is 4.00. The van der Waals surface area contributed by atoms with Gasteiger partial charge in [0.1, 0.15) is 0 Å². The highest BCUT2D eigenvalue weighted by molar-refractivity contribution is 7.91. The molecule has 2 saturated heterocycles. The first kappa shape index (κ1) is 18.3. The highest BCUT2D eigenvalue weighted by Gasteiger charge is 2.47. The molecular formula is C19H24N2O5S. The third-order valence-corrected chi connectivity index (χ3v) is 7.10. The van der Waals surface area contributed by atoms with Crippen LogP contribution in [-0.2, 0) is 9.84 Å². The maximum absolute atomic E-state index is 13.1. The number of ether oxygens (including phenoxy) is 2. The van der Waals surface area contributed by atoms with E-state index in [1.54, 1.807) is 23.1 Å². The van der Waals surface area contributed by atoms with Crippen LogP contribution in [0.15, 0.2) is 29.8 Å². The Morgan fingerprint density at radius 2 is 1.89 bits per heavy atom. The predicted octanol–water partition coefficient (Wildman–Crippen LogP) is 1.30. The topological polar surface area (TPSA) is 76.2 Å². The van der Waals surface area contributed by atoms with Crippen LogP contribution >= 0.6 is 0 Å². The third kappa shape index (κ3) is 3.55. The number of carbonyl (C=O) groups excluding carboxylic acids is 1. The van der Waals surface area contributed by atoms with E-state index >= 15 is 0 Å². The first-order valence-corrected chi connectivity index (χ1v) is 10.9. The predicted molar refractivity (Wildman–Crippen MR) is 101 cm³/mol. The van der Waals surface area contributed by atoms with Crippen molar-refractivity contribution in [3.8, 4) is 11.5 Å². The number of carbonyl (C=O) groups is 1. The maximum atomic E-state index is 13.1. The number of hydrogen-bond acceptors (Lipinski definition) is 6. The Hall–Kier alpha value is -2.06. The molecule has 0 aliphatic carbocycles. The summed E-state index contributed by atoms with van der Waals surface area (Å²) in [5.74, 6) is 1.17. The van der Waals surface area contributed by atoms with E-state index < -0.39 is 9.84 Å². The molecule has 0 saturated carbocycles. The molecule has 3 aliphatic heterocycles. The minimum absolute atomic E-state index is 0.0271. The zero-order valence-electron chi connectivity index (χ0n) is 15.6. The van der Waals surface area contributed by atoms with Gasteiger partial charge in [-0.25, -0.2) is 8.42 Å². The highest BCUT2D eigenvalue weighted by atomic mass is 32.2. The summed E-state index contributed by atoms with van der Waals surface area (Å²) in [5, 5.41) is 0. The number of rotatable bonds is 3. The molecule has 0 bridgehead atoms. The summed E-state index contributed by atoms with van der Waals surface area (Å²) < 4.78 is 35.3. The Kier molecular flexibility index (Phi) is 4.63. The normalized spacial score (nSPS) is 25.9. The van der Waals surface area contributed by atoms with Crippen molar-refractivity contribution in [2.45, 2.75) is 25.9 Å². The molecule has 1 aromatic rings. The van der Waals surface area contributed by atoms with E-state index in [1.807, 2.05) is 13.8 Å². The van der Waals surface area contributed by atoms with Gasteiger partial charge >= 0.3 is 0 Å². The Bertz CT molecular complexity index is 891. The minimum atomic E-state index is -3.16. The van der Waals surface area contributed by atoms with E-state index in [0.717, 1.165) is 0 Å². The molecule has 1 amide bonds. The van der Waals surface area contributed by atoms with Crippen LogP contribution < -0.4 is 9.47 Å². The van der Waals surface area contributed by atoms with Crippen LogP contribution in [-0.4, -0.2) is 74.1 Å². The maximum Gasteiger partial charge on any atom is 0.254 e. The van der Waals surface area contributed by atoms with Crippen molar-refractivity contribution in [1.82, 2.24) is 9.80 Å². The van der Waals surface area contributed by atoms with E-state index in [9.17, 15) is 13.2 Å². The molecule has 7 nitrogen and oxygen atoms in total. The Morgan fingerprint density at radius 3 is 2.67 bits per heavy atom. The van der Waals surface area contributed by atoms with Crippen LogP contribution in [0.1, 0.15) is 24.2 Å². The fraction of sp³-hybridized carbons (Fsp3) is 0.526. The molecular weight excluding hydrogens is 368 g/mol. The van der Waals surface area contributed by atoms with Crippen molar-refractivity contribution in [3.63, 3.8) is 0 Å². The summed E-state index contributed by atoms with van der Waals surface area (Å²) in [7, 11) is -3.16. The van der Waals surface area contributed by atoms with E-state index in [1.165, 1.54) is 5.57 Å². The molecule has 2 fully saturated rings. The van der Waals surface area contributed by atoms with Gasteiger partial charge in [-0.15, -0.1) is 0 Å². The number of fused-ring (bicyclic) bond motifs is 2. The fourth-order valence-corrected chi connectivity index (χ4v) is 6.01. The van der Waals surface area contributed by atoms with Gasteiger partial charge in [0, 0.05) is 31.2 Å². The number of benzene rings is 1. The number of piperazine rings is 1. The van der Waals surface area contributed by atoms with E-state index in [2.05, 4.69) is 11.0 Å². The summed E-state index contributed by atoms with van der Waals surface area (Å²) in [6.07, 6.45) is 2.11. The second-order valence-corrected chi connectivity index (χ2v) is 9.71. The molecule has 2 atom stereocenters. The average molecular weight is 392 g/mol. The number of allylic oxidation sites excluding steroid dienone is 1. The molecule has 0 spiro atoms. The lowest BCUT2D eigenvalue weighted by molar-refractivity contribution is 0.0368. The monoisotopic (exact) mass is 392 g/mol. The molecule has 0 N–H and O–H groups in total. The zero-order chi connectivity index (χ0) is 19.2. The van der Waals surface area contributed by atoms with Gasteiger partial charge in [0.25, 0.3) is 5.91 Å². The largest absolute Gasteiger partial charge is 0.454 e. The zero-order valence-corrected chi connectivity index (χ0v) is 16.4. The first-order valence-electron chi connectivity index (χ1n) is 9.12. The van der Waals surface area contributed by atoms with Gasteiger partial charge in [-0.2, -0.15) is 0 Å². The van der Waals surface area contributed by atoms with E-state index in [0.29, 0.717) is 36.7 Å². The lowest BCUT2D eigenvalue weighted by atomic mass is 10.0. The summed E-state index contributed by atoms with van der Waals surface area (Å²) >= 11 is 0. The molecule has 27 heavy (non-hydrogen) atoms. The molecule has 1 aromatic carbocycles. The minimum Gasteiger partial charge on any atom is -0.454 e. The molecule has 3 heterocycles. The van der Waals surface area contributed by atoms with Crippen molar-refractivity contribution < 1.29 is 22.7 Å². The third-order valence-electron chi connectivity index (χ3n) is 5.41. The van der Waals surface area contributed by atoms with E-state index in [-0.39, 0.29) is 36.3 Å². The van der Waals surface area contributed by atoms with Crippen LogP contribution in [0.4, 0.5) is 0 Å². The summed E-state index contributed by atoms with van der Waals surface area (Å²) in [4.78, 5) is 17.0. The van der Waals surface area contributed by atoms with Crippen LogP contribution in [0.3, 0.4) is 0 Å². The molecule has 3 aliphatic rings. The van der Waals surface area contributed by atoms with Crippen LogP contribution in [0.5, 0.6) is 11.5 Å². The first-order chi connectivity index (χ1) is 12.8. The molecule has 0 radical (unpaired) electrons. The lowest BCUT2D eigenvalue weighted by Crippen LogP contribution is -2.60. The average Bonchev–Trinajstić information content (AvgIpc) is 3.20. The van der Waals surface area contributed by atoms with Gasteiger partial charge in [0.2, 0.25) is 6.79 Å². The number of amides is 1. The van der Waals surface area contributed by atoms with Crippen molar-refractivity contribution in [1.29, 1.82) is 0 Å². The molecule has 146 valence electrons. The molecule has 0 unspecified atom stereocenters. The van der Waals surface area contributed by atoms with Gasteiger partial charge in [0.15, 0.2) is 21.3 Å². The van der Waals surface area contributed by atoms with E-state index in [4.69, 9.17) is 9.47 Å². The van der Waals surface area contributed by atoms with Crippen molar-refractivity contribution in [2.75, 3.05) is 37.9 Å². The SMILES string of the molecule is CC(C)=CCN1CCN(C(=O)c2ccc3c(c2)OCO3)[C@@H]2CS(=O)(=O)C[C@@H]21. The number of sulfone groups is 1. The van der Waals surface area contributed by atoms with Gasteiger partial charge in [-0.05, 0) is 32.0 Å². The van der Waals surface area contributed by atoms with Gasteiger partial charge in [0.05, 0.1) is 17.5 Å². The Labute approximate surface area is 159 Å². The van der Waals surface area contributed by atoms with Crippen molar-refractivity contribution in [2.24, 2.45) is 0 Å². The second kappa shape index (κ2) is 6.83. The lowest BCUT2D eigenvalue weighted by Gasteiger charge is -2.43. The van der Waals surface area contributed by atoms with Gasteiger partial charge in [-0.3, -0.25) is 9.69 Å². The number of nitrogens with zero attached hydrogens (tertiary/aromatic N) is 2. The quantitative estimate of drug-likeness (QED) is 0.722. The van der Waals surface area contributed by atoms with Gasteiger partial charge in [-0.1, -0.05) is 11.6 Å². The number of hydrogen-bond donors (Lipinski definition) is 0. The van der Waals surface area contributed by atoms with Gasteiger partial charge < -0.3 is 14.4 Å². The second-order valence-electron chi connectivity index (χ2n) is 7.55. The summed E-state index contributed by atoms with van der Waals surface area (Å²) in [6, 6.07) is 4.65. The smallest absolute Gasteiger partial charge is 0.254 e. The Morgan fingerprint density at radius 1 is 1.15 bits per heavy atom. The van der Waals surface area contributed by atoms with Crippen LogP contribution in [0.25, 0.3) is 0 Å². The summed E-state index contributed by atoms with van der Waals surface area (Å²) in [6.45, 7) is 6.10. The highest BCUT2D eigenvalue weighted by Crippen LogP contribution is 2.34. The summed E-state index contributed by atoms with van der Waals surface area (Å²) in [5.41, 5.74) is 1.70. The Balaban J connectivity index is 1.58. The van der Waals surface area contributed by atoms with Crippen LogP contribution in [0, 0.1) is 0 Å². The molecule has 0 aromatic heterocycles. The standard InChI is InChI=1S/C19H24N2O5S/c1-13(2)5-6-20-7-8-21(16-11-27(23,24)10-15(16)20)19(22)14-3-4-17-18(9-14)26-12-25-17/h3-5,9,15-16H,6-8,10-12H2,1-2H3/t15-,16+/m0/s1.